The van der Waals surface area contributed by atoms with Gasteiger partial charge in [-0.1, -0.05) is 31.0 Å². The molecule has 1 saturated heterocycles. The van der Waals surface area contributed by atoms with Gasteiger partial charge in [-0.15, -0.1) is 0 Å². The molecule has 1 aliphatic rings. The summed E-state index contributed by atoms with van der Waals surface area (Å²) in [5, 5.41) is 3.22. The van der Waals surface area contributed by atoms with Gasteiger partial charge >= 0.3 is 0 Å². The Labute approximate surface area is 136 Å². The van der Waals surface area contributed by atoms with Gasteiger partial charge in [0.05, 0.1) is 0 Å². The zero-order chi connectivity index (χ0) is 16.1. The maximum atomic E-state index is 13.7. The summed E-state index contributed by atoms with van der Waals surface area (Å²) in [6.07, 6.45) is 5.00. The monoisotopic (exact) mass is 314 g/mol. The van der Waals surface area contributed by atoms with Crippen molar-refractivity contribution >= 4 is 11.6 Å². The smallest absolute Gasteiger partial charge is 0.134 e. The first-order valence-corrected chi connectivity index (χ1v) is 8.30. The molecule has 2 heterocycles. The number of nitrogens with zero attached hydrogens (tertiary/aromatic N) is 3. The second-order valence-corrected chi connectivity index (χ2v) is 6.00. The Morgan fingerprint density at radius 2 is 1.83 bits per heavy atom. The van der Waals surface area contributed by atoms with E-state index in [0.717, 1.165) is 30.5 Å². The topological polar surface area (TPSA) is 41.1 Å². The summed E-state index contributed by atoms with van der Waals surface area (Å²) in [5.41, 5.74) is 0.639. The van der Waals surface area contributed by atoms with Gasteiger partial charge in [0.15, 0.2) is 0 Å². The van der Waals surface area contributed by atoms with Crippen LogP contribution in [0.25, 0.3) is 0 Å². The fraction of sp³-hybridized carbons (Fsp3) is 0.444. The highest BCUT2D eigenvalue weighted by Crippen LogP contribution is 2.20. The highest BCUT2D eigenvalue weighted by atomic mass is 19.1. The predicted octanol–water partition coefficient (Wildman–Crippen LogP) is 3.92. The number of hydrogen-bond acceptors (Lipinski definition) is 4. The Morgan fingerprint density at radius 1 is 1.09 bits per heavy atom. The molecule has 0 atom stereocenters. The largest absolute Gasteiger partial charge is 0.366 e. The molecule has 0 bridgehead atoms. The van der Waals surface area contributed by atoms with Crippen LogP contribution in [-0.2, 0) is 6.54 Å². The van der Waals surface area contributed by atoms with Gasteiger partial charge in [0.1, 0.15) is 23.3 Å². The fourth-order valence-electron chi connectivity index (χ4n) is 2.93. The minimum atomic E-state index is -0.196. The van der Waals surface area contributed by atoms with Crippen LogP contribution in [0.1, 0.15) is 37.1 Å². The third kappa shape index (κ3) is 4.18. The molecule has 0 spiro atoms. The van der Waals surface area contributed by atoms with E-state index in [-0.39, 0.29) is 5.82 Å². The number of hydrogen-bond donors (Lipinski definition) is 1. The zero-order valence-corrected chi connectivity index (χ0v) is 13.6. The highest BCUT2D eigenvalue weighted by Gasteiger charge is 2.13. The molecular weight excluding hydrogens is 291 g/mol. The quantitative estimate of drug-likeness (QED) is 0.929. The van der Waals surface area contributed by atoms with E-state index in [4.69, 9.17) is 0 Å². The van der Waals surface area contributed by atoms with Crippen LogP contribution in [0, 0.1) is 12.7 Å². The lowest BCUT2D eigenvalue weighted by Gasteiger charge is -2.22. The first-order chi connectivity index (χ1) is 11.2. The predicted molar refractivity (Wildman–Crippen MR) is 91.2 cm³/mol. The lowest BCUT2D eigenvalue weighted by Crippen LogP contribution is -2.25. The van der Waals surface area contributed by atoms with Crippen molar-refractivity contribution in [3.8, 4) is 0 Å². The highest BCUT2D eigenvalue weighted by molar-refractivity contribution is 5.49. The number of rotatable bonds is 4. The standard InChI is InChI=1S/C18H23FN4/c1-14-21-17(20-13-15-8-4-5-9-16(15)19)12-18(22-14)23-10-6-2-3-7-11-23/h4-5,8-9,12H,2-3,6-7,10-11,13H2,1H3,(H,20,21,22). The average molecular weight is 314 g/mol. The van der Waals surface area contributed by atoms with Gasteiger partial charge in [0.25, 0.3) is 0 Å². The Kier molecular flexibility index (Phi) is 5.05. The Balaban J connectivity index is 1.73. The van der Waals surface area contributed by atoms with Gasteiger partial charge in [-0.05, 0) is 25.8 Å². The number of anilines is 2. The second kappa shape index (κ2) is 7.40. The SMILES string of the molecule is Cc1nc(NCc2ccccc2F)cc(N2CCCCCC2)n1. The first-order valence-electron chi connectivity index (χ1n) is 8.30. The van der Waals surface area contributed by atoms with Crippen LogP contribution < -0.4 is 10.2 Å². The fourth-order valence-corrected chi connectivity index (χ4v) is 2.93. The summed E-state index contributed by atoms with van der Waals surface area (Å²) < 4.78 is 13.7. The van der Waals surface area contributed by atoms with Crippen molar-refractivity contribution in [1.82, 2.24) is 9.97 Å². The normalized spacial score (nSPS) is 15.3. The summed E-state index contributed by atoms with van der Waals surface area (Å²) in [4.78, 5) is 11.3. The molecule has 1 fully saturated rings. The minimum absolute atomic E-state index is 0.196. The molecule has 1 aromatic carbocycles. The van der Waals surface area contributed by atoms with Crippen LogP contribution in [0.15, 0.2) is 30.3 Å². The van der Waals surface area contributed by atoms with E-state index in [1.54, 1.807) is 12.1 Å². The van der Waals surface area contributed by atoms with Crippen LogP contribution in [0.2, 0.25) is 0 Å². The zero-order valence-electron chi connectivity index (χ0n) is 13.6. The van der Waals surface area contributed by atoms with Gasteiger partial charge in [-0.2, -0.15) is 0 Å². The molecule has 0 unspecified atom stereocenters. The van der Waals surface area contributed by atoms with Gasteiger partial charge in [-0.25, -0.2) is 14.4 Å². The summed E-state index contributed by atoms with van der Waals surface area (Å²) in [6, 6.07) is 8.77. The molecule has 5 heteroatoms. The number of nitrogens with one attached hydrogen (secondary N) is 1. The maximum absolute atomic E-state index is 13.7. The summed E-state index contributed by atoms with van der Waals surface area (Å²) in [5.74, 6) is 2.26. The van der Waals surface area contributed by atoms with Crippen molar-refractivity contribution in [2.24, 2.45) is 0 Å². The van der Waals surface area contributed by atoms with Crippen molar-refractivity contribution in [3.05, 3.63) is 47.5 Å². The minimum Gasteiger partial charge on any atom is -0.366 e. The van der Waals surface area contributed by atoms with Crippen molar-refractivity contribution < 1.29 is 4.39 Å². The summed E-state index contributed by atoms with van der Waals surface area (Å²) in [6.45, 7) is 4.41. The van der Waals surface area contributed by atoms with Crippen LogP contribution in [-0.4, -0.2) is 23.1 Å². The molecule has 0 amide bonds. The van der Waals surface area contributed by atoms with E-state index in [0.29, 0.717) is 12.1 Å². The number of halogens is 1. The van der Waals surface area contributed by atoms with Gasteiger partial charge in [0, 0.05) is 31.3 Å². The summed E-state index contributed by atoms with van der Waals surface area (Å²) in [7, 11) is 0. The van der Waals surface area contributed by atoms with E-state index < -0.39 is 0 Å². The van der Waals surface area contributed by atoms with Crippen LogP contribution in [0.3, 0.4) is 0 Å². The number of aromatic nitrogens is 2. The van der Waals surface area contributed by atoms with Gasteiger partial charge in [-0.3, -0.25) is 0 Å². The number of aryl methyl sites for hydroxylation is 1. The van der Waals surface area contributed by atoms with E-state index in [1.165, 1.54) is 31.7 Å². The van der Waals surface area contributed by atoms with Gasteiger partial charge < -0.3 is 10.2 Å². The first kappa shape index (κ1) is 15.7. The lowest BCUT2D eigenvalue weighted by molar-refractivity contribution is 0.613. The molecule has 1 aromatic heterocycles. The van der Waals surface area contributed by atoms with E-state index >= 15 is 0 Å². The molecule has 3 rings (SSSR count). The third-order valence-electron chi connectivity index (χ3n) is 4.17. The Bertz CT molecular complexity index is 651. The van der Waals surface area contributed by atoms with Crippen molar-refractivity contribution in [2.75, 3.05) is 23.3 Å². The second-order valence-electron chi connectivity index (χ2n) is 6.00. The molecule has 0 radical (unpaired) electrons. The Hall–Kier alpha value is -2.17. The van der Waals surface area contributed by atoms with Crippen LogP contribution in [0.4, 0.5) is 16.0 Å². The van der Waals surface area contributed by atoms with E-state index in [2.05, 4.69) is 20.2 Å². The van der Waals surface area contributed by atoms with Crippen LogP contribution in [0.5, 0.6) is 0 Å². The molecule has 122 valence electrons. The molecular formula is C18H23FN4. The molecule has 23 heavy (non-hydrogen) atoms. The molecule has 1 aliphatic heterocycles. The third-order valence-corrected chi connectivity index (χ3v) is 4.17. The molecule has 4 nitrogen and oxygen atoms in total. The van der Waals surface area contributed by atoms with Crippen molar-refractivity contribution in [2.45, 2.75) is 39.2 Å². The molecule has 1 N–H and O–H groups in total. The van der Waals surface area contributed by atoms with E-state index in [1.807, 2.05) is 19.1 Å². The van der Waals surface area contributed by atoms with Gasteiger partial charge in [0.2, 0.25) is 0 Å². The van der Waals surface area contributed by atoms with E-state index in [9.17, 15) is 4.39 Å². The maximum Gasteiger partial charge on any atom is 0.134 e. The van der Waals surface area contributed by atoms with Crippen molar-refractivity contribution in [1.29, 1.82) is 0 Å². The molecule has 2 aromatic rings. The Morgan fingerprint density at radius 3 is 2.57 bits per heavy atom. The average Bonchev–Trinajstić information content (AvgIpc) is 2.83. The van der Waals surface area contributed by atoms with Crippen molar-refractivity contribution in [3.63, 3.8) is 0 Å². The lowest BCUT2D eigenvalue weighted by atomic mass is 10.2. The van der Waals surface area contributed by atoms with Crippen LogP contribution >= 0.6 is 0 Å². The molecule has 0 aliphatic carbocycles. The summed E-state index contributed by atoms with van der Waals surface area (Å²) >= 11 is 0. The number of benzene rings is 1. The molecule has 0 saturated carbocycles.